The molecule has 0 unspecified atom stereocenters. The maximum atomic E-state index is 10.8. The second kappa shape index (κ2) is 8.47. The van der Waals surface area contributed by atoms with Gasteiger partial charge in [0.2, 0.25) is 5.91 Å². The summed E-state index contributed by atoms with van der Waals surface area (Å²) in [6, 6.07) is 0. The molecule has 0 bridgehead atoms. The molecule has 7 nitrogen and oxygen atoms in total. The molecule has 1 amide bonds. The van der Waals surface area contributed by atoms with Crippen LogP contribution in [0.25, 0.3) is 0 Å². The van der Waals surface area contributed by atoms with E-state index in [1.807, 2.05) is 0 Å². The quantitative estimate of drug-likeness (QED) is 0.324. The van der Waals surface area contributed by atoms with Gasteiger partial charge in [0.05, 0.1) is 6.54 Å². The molecule has 0 fully saturated rings. The van der Waals surface area contributed by atoms with Crippen LogP contribution >= 0.6 is 11.6 Å². The second-order valence-corrected chi connectivity index (χ2v) is 4.34. The van der Waals surface area contributed by atoms with E-state index in [1.54, 1.807) is 6.20 Å². The number of nitrogens with one attached hydrogen (secondary N) is 1. The molecule has 0 aliphatic heterocycles. The fourth-order valence-corrected chi connectivity index (χ4v) is 1.78. The molecule has 0 saturated heterocycles. The van der Waals surface area contributed by atoms with Crippen LogP contribution in [0.2, 0.25) is 0 Å². The molecule has 8 heteroatoms. The lowest BCUT2D eigenvalue weighted by Crippen LogP contribution is -2.25. The van der Waals surface area contributed by atoms with Crippen LogP contribution in [0.1, 0.15) is 25.7 Å². The van der Waals surface area contributed by atoms with Gasteiger partial charge in [-0.15, -0.1) is 11.6 Å². The Morgan fingerprint density at radius 2 is 2.16 bits per heavy atom. The van der Waals surface area contributed by atoms with E-state index < -0.39 is 4.92 Å². The SMILES string of the molecule is O=C(CCl)NCCCCCCn1ccnc1[N+](=O)[O-]. The number of alkyl halides is 1. The lowest BCUT2D eigenvalue weighted by Gasteiger charge is -2.03. The number of halogens is 1. The number of hydrogen-bond donors (Lipinski definition) is 1. The van der Waals surface area contributed by atoms with E-state index in [1.165, 1.54) is 10.8 Å². The number of amides is 1. The molecule has 19 heavy (non-hydrogen) atoms. The maximum Gasteiger partial charge on any atom is 0.434 e. The van der Waals surface area contributed by atoms with Gasteiger partial charge in [-0.1, -0.05) is 17.8 Å². The van der Waals surface area contributed by atoms with Crippen molar-refractivity contribution in [2.24, 2.45) is 0 Å². The molecular weight excluding hydrogens is 272 g/mol. The molecular formula is C11H17ClN4O3. The van der Waals surface area contributed by atoms with Crippen molar-refractivity contribution >= 4 is 23.5 Å². The highest BCUT2D eigenvalue weighted by atomic mass is 35.5. The molecule has 1 rings (SSSR count). The van der Waals surface area contributed by atoms with Gasteiger partial charge in [0.25, 0.3) is 0 Å². The highest BCUT2D eigenvalue weighted by Crippen LogP contribution is 2.10. The molecule has 0 saturated carbocycles. The van der Waals surface area contributed by atoms with Gasteiger partial charge in [-0.3, -0.25) is 4.79 Å². The van der Waals surface area contributed by atoms with E-state index in [0.717, 1.165) is 25.7 Å². The number of aryl methyl sites for hydroxylation is 1. The summed E-state index contributed by atoms with van der Waals surface area (Å²) in [5.41, 5.74) is 0. The van der Waals surface area contributed by atoms with Crippen LogP contribution in [0.15, 0.2) is 12.4 Å². The van der Waals surface area contributed by atoms with Crippen molar-refractivity contribution in [2.75, 3.05) is 12.4 Å². The minimum Gasteiger partial charge on any atom is -0.390 e. The molecule has 1 heterocycles. The zero-order chi connectivity index (χ0) is 14.1. The maximum absolute atomic E-state index is 10.8. The molecule has 1 aromatic rings. The van der Waals surface area contributed by atoms with Crippen molar-refractivity contribution in [1.82, 2.24) is 14.9 Å². The summed E-state index contributed by atoms with van der Waals surface area (Å²) < 4.78 is 1.54. The van der Waals surface area contributed by atoms with Gasteiger partial charge in [0, 0.05) is 6.54 Å². The van der Waals surface area contributed by atoms with Gasteiger partial charge in [0.15, 0.2) is 0 Å². The normalized spacial score (nSPS) is 10.4. The van der Waals surface area contributed by atoms with Crippen LogP contribution in [-0.4, -0.2) is 32.8 Å². The Balaban J connectivity index is 2.09. The van der Waals surface area contributed by atoms with E-state index in [0.29, 0.717) is 13.1 Å². The summed E-state index contributed by atoms with van der Waals surface area (Å²) in [5.74, 6) is -0.283. The average molecular weight is 289 g/mol. The molecule has 1 N–H and O–H groups in total. The van der Waals surface area contributed by atoms with E-state index in [-0.39, 0.29) is 17.7 Å². The first-order valence-corrected chi connectivity index (χ1v) is 6.66. The number of nitrogens with zero attached hydrogens (tertiary/aromatic N) is 3. The van der Waals surface area contributed by atoms with E-state index in [2.05, 4.69) is 10.3 Å². The minimum atomic E-state index is -0.484. The van der Waals surface area contributed by atoms with Crippen molar-refractivity contribution in [3.8, 4) is 0 Å². The number of aromatic nitrogens is 2. The number of rotatable bonds is 9. The van der Waals surface area contributed by atoms with Gasteiger partial charge < -0.3 is 15.4 Å². The van der Waals surface area contributed by atoms with Crippen LogP contribution in [0.4, 0.5) is 5.95 Å². The Morgan fingerprint density at radius 3 is 2.84 bits per heavy atom. The van der Waals surface area contributed by atoms with Crippen LogP contribution < -0.4 is 5.32 Å². The standard InChI is InChI=1S/C11H17ClN4O3/c12-9-10(17)13-5-3-1-2-4-7-15-8-6-14-11(15)16(18)19/h6,8H,1-5,7,9H2,(H,13,17). The molecule has 1 aromatic heterocycles. The van der Waals surface area contributed by atoms with E-state index in [9.17, 15) is 14.9 Å². The summed E-state index contributed by atoms with van der Waals surface area (Å²) >= 11 is 5.34. The Morgan fingerprint density at radius 1 is 1.42 bits per heavy atom. The smallest absolute Gasteiger partial charge is 0.390 e. The molecule has 106 valence electrons. The van der Waals surface area contributed by atoms with Crippen molar-refractivity contribution in [1.29, 1.82) is 0 Å². The summed E-state index contributed by atoms with van der Waals surface area (Å²) in [6.07, 6.45) is 6.69. The Labute approximate surface area is 116 Å². The molecule has 0 aromatic carbocycles. The summed E-state index contributed by atoms with van der Waals surface area (Å²) in [6.45, 7) is 1.21. The second-order valence-electron chi connectivity index (χ2n) is 4.08. The van der Waals surface area contributed by atoms with Gasteiger partial charge >= 0.3 is 5.95 Å². The molecule has 0 aliphatic rings. The predicted molar refractivity (Wildman–Crippen MR) is 71.1 cm³/mol. The average Bonchev–Trinajstić information content (AvgIpc) is 2.85. The molecule has 0 aliphatic carbocycles. The fourth-order valence-electron chi connectivity index (χ4n) is 1.68. The minimum absolute atomic E-state index is 0.00963. The van der Waals surface area contributed by atoms with Crippen LogP contribution in [-0.2, 0) is 11.3 Å². The van der Waals surface area contributed by atoms with Gasteiger partial charge in [-0.05, 0) is 17.8 Å². The summed E-state index contributed by atoms with van der Waals surface area (Å²) in [5, 5.41) is 13.3. The zero-order valence-electron chi connectivity index (χ0n) is 10.5. The number of hydrogen-bond acceptors (Lipinski definition) is 4. The number of carbonyl (C=O) groups excluding carboxylic acids is 1. The fraction of sp³-hybridized carbons (Fsp3) is 0.636. The number of carbonyl (C=O) groups is 1. The van der Waals surface area contributed by atoms with Crippen molar-refractivity contribution in [3.05, 3.63) is 22.5 Å². The van der Waals surface area contributed by atoms with Crippen molar-refractivity contribution < 1.29 is 9.72 Å². The summed E-state index contributed by atoms with van der Waals surface area (Å²) in [4.78, 5) is 24.7. The third-order valence-corrected chi connectivity index (χ3v) is 2.87. The molecule has 0 atom stereocenters. The number of unbranched alkanes of at least 4 members (excludes halogenated alkanes) is 3. The Bertz CT molecular complexity index is 422. The first-order valence-electron chi connectivity index (χ1n) is 6.13. The highest BCUT2D eigenvalue weighted by molar-refractivity contribution is 6.27. The zero-order valence-corrected chi connectivity index (χ0v) is 11.3. The lowest BCUT2D eigenvalue weighted by atomic mass is 10.2. The first kappa shape index (κ1) is 15.4. The summed E-state index contributed by atoms with van der Waals surface area (Å²) in [7, 11) is 0. The highest BCUT2D eigenvalue weighted by Gasteiger charge is 2.12. The largest absolute Gasteiger partial charge is 0.434 e. The van der Waals surface area contributed by atoms with Gasteiger partial charge in [-0.25, -0.2) is 4.57 Å². The van der Waals surface area contributed by atoms with E-state index in [4.69, 9.17) is 11.6 Å². The van der Waals surface area contributed by atoms with Crippen molar-refractivity contribution in [2.45, 2.75) is 32.2 Å². The monoisotopic (exact) mass is 288 g/mol. The third kappa shape index (κ3) is 5.69. The van der Waals surface area contributed by atoms with Gasteiger partial charge in [-0.2, -0.15) is 0 Å². The first-order chi connectivity index (χ1) is 9.15. The van der Waals surface area contributed by atoms with Crippen molar-refractivity contribution in [3.63, 3.8) is 0 Å². The Kier molecular flexibility index (Phi) is 6.88. The van der Waals surface area contributed by atoms with Crippen LogP contribution in [0, 0.1) is 10.1 Å². The number of imidazole rings is 1. The van der Waals surface area contributed by atoms with Crippen LogP contribution in [0.3, 0.4) is 0 Å². The predicted octanol–water partition coefficient (Wildman–Crippen LogP) is 1.71. The third-order valence-electron chi connectivity index (χ3n) is 2.63. The number of nitro groups is 1. The lowest BCUT2D eigenvalue weighted by molar-refractivity contribution is -0.396. The van der Waals surface area contributed by atoms with Crippen LogP contribution in [0.5, 0.6) is 0 Å². The molecule has 0 radical (unpaired) electrons. The van der Waals surface area contributed by atoms with Gasteiger partial charge in [0.1, 0.15) is 18.3 Å². The van der Waals surface area contributed by atoms with E-state index >= 15 is 0 Å². The topological polar surface area (TPSA) is 90.1 Å². The Hall–Kier alpha value is -1.63. The molecule has 0 spiro atoms.